The first-order valence-corrected chi connectivity index (χ1v) is 6.70. The Kier molecular flexibility index (Phi) is 3.30. The third-order valence-corrected chi connectivity index (χ3v) is 3.59. The highest BCUT2D eigenvalue weighted by atomic mass is 32.1. The predicted octanol–water partition coefficient (Wildman–Crippen LogP) is 3.13. The van der Waals surface area contributed by atoms with Crippen molar-refractivity contribution in [2.75, 3.05) is 0 Å². The Bertz CT molecular complexity index is 790. The lowest BCUT2D eigenvalue weighted by atomic mass is 10.2. The fraction of sp³-hybridized carbons (Fsp3) is 0. The third kappa shape index (κ3) is 2.46. The largest absolute Gasteiger partial charge is 0.360 e. The van der Waals surface area contributed by atoms with Crippen LogP contribution in [0.2, 0.25) is 0 Å². The zero-order chi connectivity index (χ0) is 13.9. The van der Waals surface area contributed by atoms with Gasteiger partial charge in [0.25, 0.3) is 5.91 Å². The maximum Gasteiger partial charge on any atom is 0.273 e. The Morgan fingerprint density at radius 1 is 1.30 bits per heavy atom. The smallest absolute Gasteiger partial charge is 0.273 e. The first kappa shape index (κ1) is 12.6. The quantitative estimate of drug-likeness (QED) is 0.564. The number of H-pyrrole nitrogens is 1. The minimum atomic E-state index is -0.310. The van der Waals surface area contributed by atoms with Crippen LogP contribution in [0.15, 0.2) is 47.7 Å². The van der Waals surface area contributed by atoms with Gasteiger partial charge in [-0.1, -0.05) is 18.2 Å². The SMILES string of the molecule is O=C(NN=Cc1ccc(F)s1)c1c[nH]c2ccccc12. The van der Waals surface area contributed by atoms with Gasteiger partial charge in [0.05, 0.1) is 16.7 Å². The number of carbonyl (C=O) groups is 1. The second-order valence-electron chi connectivity index (χ2n) is 4.09. The summed E-state index contributed by atoms with van der Waals surface area (Å²) < 4.78 is 12.8. The maximum atomic E-state index is 12.8. The Balaban J connectivity index is 1.75. The van der Waals surface area contributed by atoms with E-state index in [-0.39, 0.29) is 11.0 Å². The number of halogens is 1. The molecule has 2 N–H and O–H groups in total. The van der Waals surface area contributed by atoms with Gasteiger partial charge in [0.1, 0.15) is 0 Å². The van der Waals surface area contributed by atoms with E-state index >= 15 is 0 Å². The Labute approximate surface area is 117 Å². The molecule has 0 atom stereocenters. The Morgan fingerprint density at radius 3 is 2.95 bits per heavy atom. The van der Waals surface area contributed by atoms with Crippen LogP contribution in [0, 0.1) is 5.13 Å². The molecule has 0 aliphatic heterocycles. The fourth-order valence-corrected chi connectivity index (χ4v) is 2.47. The van der Waals surface area contributed by atoms with Gasteiger partial charge < -0.3 is 4.98 Å². The fourth-order valence-electron chi connectivity index (χ4n) is 1.87. The number of aromatic nitrogens is 1. The molecule has 0 saturated heterocycles. The van der Waals surface area contributed by atoms with Gasteiger partial charge >= 0.3 is 0 Å². The van der Waals surface area contributed by atoms with Crippen LogP contribution < -0.4 is 5.43 Å². The number of nitrogens with zero attached hydrogens (tertiary/aromatic N) is 1. The van der Waals surface area contributed by atoms with Gasteiger partial charge in [0.15, 0.2) is 5.13 Å². The summed E-state index contributed by atoms with van der Waals surface area (Å²) in [6, 6.07) is 10.5. The van der Waals surface area contributed by atoms with E-state index in [1.54, 1.807) is 12.3 Å². The standard InChI is InChI=1S/C14H10FN3OS/c15-13-6-5-9(20-13)7-17-18-14(19)11-8-16-12-4-2-1-3-10(11)12/h1-8,16H,(H,18,19). The zero-order valence-electron chi connectivity index (χ0n) is 10.3. The van der Waals surface area contributed by atoms with Crippen molar-refractivity contribution in [3.8, 4) is 0 Å². The molecule has 20 heavy (non-hydrogen) atoms. The van der Waals surface area contributed by atoms with Crippen LogP contribution in [0.4, 0.5) is 4.39 Å². The average Bonchev–Trinajstić information content (AvgIpc) is 3.05. The highest BCUT2D eigenvalue weighted by molar-refractivity contribution is 7.12. The first-order valence-electron chi connectivity index (χ1n) is 5.89. The summed E-state index contributed by atoms with van der Waals surface area (Å²) in [5.74, 6) is -0.310. The van der Waals surface area contributed by atoms with Crippen LogP contribution in [0.1, 0.15) is 15.2 Å². The van der Waals surface area contributed by atoms with E-state index in [1.807, 2.05) is 24.3 Å². The van der Waals surface area contributed by atoms with E-state index in [0.717, 1.165) is 22.2 Å². The zero-order valence-corrected chi connectivity index (χ0v) is 11.1. The number of benzene rings is 1. The molecule has 0 aliphatic rings. The molecule has 3 aromatic rings. The number of para-hydroxylation sites is 1. The third-order valence-electron chi connectivity index (χ3n) is 2.79. The molecule has 0 saturated carbocycles. The second-order valence-corrected chi connectivity index (χ2v) is 5.15. The van der Waals surface area contributed by atoms with Crippen molar-refractivity contribution in [2.24, 2.45) is 5.10 Å². The molecule has 4 nitrogen and oxygen atoms in total. The Hall–Kier alpha value is -2.47. The number of aromatic amines is 1. The summed E-state index contributed by atoms with van der Waals surface area (Å²) in [5, 5.41) is 4.38. The second kappa shape index (κ2) is 5.26. The molecule has 1 amide bonds. The van der Waals surface area contributed by atoms with Crippen molar-refractivity contribution < 1.29 is 9.18 Å². The lowest BCUT2D eigenvalue weighted by Crippen LogP contribution is -2.17. The number of hydrogen-bond acceptors (Lipinski definition) is 3. The molecule has 0 bridgehead atoms. The number of rotatable bonds is 3. The topological polar surface area (TPSA) is 57.2 Å². The molecule has 3 rings (SSSR count). The average molecular weight is 287 g/mol. The van der Waals surface area contributed by atoms with Crippen molar-refractivity contribution in [3.05, 3.63) is 58.2 Å². The van der Waals surface area contributed by atoms with E-state index in [9.17, 15) is 9.18 Å². The molecule has 6 heteroatoms. The van der Waals surface area contributed by atoms with E-state index in [1.165, 1.54) is 12.3 Å². The Morgan fingerprint density at radius 2 is 2.15 bits per heavy atom. The van der Waals surface area contributed by atoms with Crippen molar-refractivity contribution in [1.29, 1.82) is 0 Å². The number of fused-ring (bicyclic) bond motifs is 1. The summed E-state index contributed by atoms with van der Waals surface area (Å²) in [6.07, 6.45) is 3.06. The van der Waals surface area contributed by atoms with E-state index in [0.29, 0.717) is 10.4 Å². The summed E-state index contributed by atoms with van der Waals surface area (Å²) in [7, 11) is 0. The van der Waals surface area contributed by atoms with Crippen LogP contribution in [-0.2, 0) is 0 Å². The van der Waals surface area contributed by atoms with Gasteiger partial charge in [-0.25, -0.2) is 5.43 Å². The molecule has 0 aliphatic carbocycles. The van der Waals surface area contributed by atoms with Crippen LogP contribution in [-0.4, -0.2) is 17.1 Å². The van der Waals surface area contributed by atoms with Gasteiger partial charge in [-0.05, 0) is 18.2 Å². The van der Waals surface area contributed by atoms with Gasteiger partial charge in [0, 0.05) is 17.1 Å². The molecule has 1 aromatic carbocycles. The number of nitrogens with one attached hydrogen (secondary N) is 2. The normalized spacial score (nSPS) is 11.2. The lowest BCUT2D eigenvalue weighted by molar-refractivity contribution is 0.0957. The molecule has 2 heterocycles. The first-order chi connectivity index (χ1) is 9.74. The molecule has 100 valence electrons. The summed E-state index contributed by atoms with van der Waals surface area (Å²) in [6.45, 7) is 0. The molecular formula is C14H10FN3OS. The highest BCUT2D eigenvalue weighted by Crippen LogP contribution is 2.17. The number of amides is 1. The molecular weight excluding hydrogens is 277 g/mol. The van der Waals surface area contributed by atoms with E-state index in [2.05, 4.69) is 15.5 Å². The number of carbonyl (C=O) groups excluding carboxylic acids is 1. The lowest BCUT2D eigenvalue weighted by Gasteiger charge is -1.97. The number of hydrazone groups is 1. The molecule has 0 spiro atoms. The van der Waals surface area contributed by atoms with Crippen LogP contribution >= 0.6 is 11.3 Å². The molecule has 0 unspecified atom stereocenters. The molecule has 0 fully saturated rings. The summed E-state index contributed by atoms with van der Waals surface area (Å²) in [4.78, 5) is 15.7. The van der Waals surface area contributed by atoms with Gasteiger partial charge in [-0.2, -0.15) is 9.49 Å². The van der Waals surface area contributed by atoms with Gasteiger partial charge in [-0.3, -0.25) is 4.79 Å². The van der Waals surface area contributed by atoms with Gasteiger partial charge in [0.2, 0.25) is 0 Å². The molecule has 0 radical (unpaired) electrons. The van der Waals surface area contributed by atoms with Crippen molar-refractivity contribution in [1.82, 2.24) is 10.4 Å². The highest BCUT2D eigenvalue weighted by Gasteiger charge is 2.10. The maximum absolute atomic E-state index is 12.8. The minimum absolute atomic E-state index is 0.283. The summed E-state index contributed by atoms with van der Waals surface area (Å²) in [5.41, 5.74) is 3.84. The van der Waals surface area contributed by atoms with E-state index in [4.69, 9.17) is 0 Å². The van der Waals surface area contributed by atoms with Crippen molar-refractivity contribution >= 4 is 34.4 Å². The molecule has 2 aromatic heterocycles. The monoisotopic (exact) mass is 287 g/mol. The van der Waals surface area contributed by atoms with E-state index < -0.39 is 0 Å². The van der Waals surface area contributed by atoms with Crippen molar-refractivity contribution in [2.45, 2.75) is 0 Å². The van der Waals surface area contributed by atoms with Gasteiger partial charge in [-0.15, -0.1) is 11.3 Å². The van der Waals surface area contributed by atoms with Crippen LogP contribution in [0.25, 0.3) is 10.9 Å². The van der Waals surface area contributed by atoms with Crippen LogP contribution in [0.5, 0.6) is 0 Å². The number of thiophene rings is 1. The van der Waals surface area contributed by atoms with Crippen molar-refractivity contribution in [3.63, 3.8) is 0 Å². The summed E-state index contributed by atoms with van der Waals surface area (Å²) >= 11 is 0.966. The predicted molar refractivity (Wildman–Crippen MR) is 77.6 cm³/mol. The minimum Gasteiger partial charge on any atom is -0.360 e. The number of hydrogen-bond donors (Lipinski definition) is 2. The van der Waals surface area contributed by atoms with Crippen LogP contribution in [0.3, 0.4) is 0 Å².